The van der Waals surface area contributed by atoms with E-state index in [-0.39, 0.29) is 11.4 Å². The largest absolute Gasteiger partial charge is 0.372 e. The van der Waals surface area contributed by atoms with Crippen molar-refractivity contribution in [2.75, 3.05) is 31.1 Å². The Morgan fingerprint density at radius 1 is 1.05 bits per heavy atom. The molecule has 0 aliphatic carbocycles. The lowest BCUT2D eigenvalue weighted by atomic mass is 9.72. The van der Waals surface area contributed by atoms with Crippen LogP contribution in [0.4, 0.5) is 10.5 Å². The van der Waals surface area contributed by atoms with Crippen molar-refractivity contribution in [1.82, 2.24) is 15.2 Å². The van der Waals surface area contributed by atoms with Gasteiger partial charge in [0, 0.05) is 36.9 Å². The van der Waals surface area contributed by atoms with E-state index in [1.54, 1.807) is 12.3 Å². The van der Waals surface area contributed by atoms with Crippen LogP contribution in [0.5, 0.6) is 0 Å². The van der Waals surface area contributed by atoms with Crippen molar-refractivity contribution in [2.24, 2.45) is 0 Å². The van der Waals surface area contributed by atoms with Crippen LogP contribution in [0.25, 0.3) is 6.08 Å². The molecule has 2 aromatic carbocycles. The number of pyridine rings is 1. The van der Waals surface area contributed by atoms with Crippen molar-refractivity contribution in [3.8, 4) is 0 Å². The van der Waals surface area contributed by atoms with E-state index in [0.717, 1.165) is 49.3 Å². The highest BCUT2D eigenvalue weighted by Gasteiger charge is 2.48. The third-order valence-corrected chi connectivity index (χ3v) is 9.03. The normalized spacial score (nSPS) is 18.1. The maximum Gasteiger partial charge on any atom is 0.322 e. The van der Waals surface area contributed by atoms with Gasteiger partial charge >= 0.3 is 6.03 Å². The van der Waals surface area contributed by atoms with Crippen LogP contribution in [0.1, 0.15) is 40.7 Å². The number of halogens is 3. The number of benzene rings is 2. The first-order valence-corrected chi connectivity index (χ1v) is 14.3. The van der Waals surface area contributed by atoms with Gasteiger partial charge in [-0.2, -0.15) is 0 Å². The van der Waals surface area contributed by atoms with Crippen LogP contribution in [0, 0.1) is 0 Å². The van der Waals surface area contributed by atoms with Crippen LogP contribution in [0.2, 0.25) is 15.2 Å². The minimum Gasteiger partial charge on any atom is -0.372 e. The standard InChI is InChI=1S/C30H29Cl3N4O2/c31-24-5-3-20(14-25(24)32)2-1-11-36-12-8-30(9-13-36)19-37(26-6-4-22-17-39-18-23(22)28(26)30)29(38)35-16-21-7-10-34-27(33)15-21/h1-7,10,14-15H,8-9,11-13,16-19H2,(H,35,38)/b2-1+. The average Bonchev–Trinajstić information content (AvgIpc) is 3.53. The van der Waals surface area contributed by atoms with Gasteiger partial charge in [0.2, 0.25) is 0 Å². The van der Waals surface area contributed by atoms with Crippen molar-refractivity contribution in [3.63, 3.8) is 0 Å². The summed E-state index contributed by atoms with van der Waals surface area (Å²) in [5, 5.41) is 4.63. The van der Waals surface area contributed by atoms with Crippen LogP contribution in [-0.2, 0) is 29.9 Å². The number of hydrogen-bond acceptors (Lipinski definition) is 4. The number of anilines is 1. The molecule has 0 unspecified atom stereocenters. The first-order valence-electron chi connectivity index (χ1n) is 13.1. The molecule has 3 aliphatic heterocycles. The highest BCUT2D eigenvalue weighted by molar-refractivity contribution is 6.42. The van der Waals surface area contributed by atoms with Gasteiger partial charge in [-0.25, -0.2) is 9.78 Å². The van der Waals surface area contributed by atoms with E-state index in [1.807, 2.05) is 29.2 Å². The smallest absolute Gasteiger partial charge is 0.322 e. The fraction of sp³-hybridized carbons (Fsp3) is 0.333. The quantitative estimate of drug-likeness (QED) is 0.334. The Kier molecular flexibility index (Phi) is 7.58. The molecule has 4 heterocycles. The van der Waals surface area contributed by atoms with Gasteiger partial charge in [0.05, 0.1) is 23.3 Å². The zero-order valence-electron chi connectivity index (χ0n) is 21.4. The molecule has 0 bridgehead atoms. The second-order valence-electron chi connectivity index (χ2n) is 10.5. The third-order valence-electron chi connectivity index (χ3n) is 8.08. The summed E-state index contributed by atoms with van der Waals surface area (Å²) in [6.45, 7) is 5.10. The Morgan fingerprint density at radius 2 is 1.90 bits per heavy atom. The van der Waals surface area contributed by atoms with Gasteiger partial charge in [-0.3, -0.25) is 9.80 Å². The number of urea groups is 1. The Morgan fingerprint density at radius 3 is 2.69 bits per heavy atom. The molecular weight excluding hydrogens is 555 g/mol. The number of nitrogens with zero attached hydrogens (tertiary/aromatic N) is 3. The number of rotatable bonds is 5. The second-order valence-corrected chi connectivity index (χ2v) is 11.7. The van der Waals surface area contributed by atoms with Gasteiger partial charge < -0.3 is 10.1 Å². The highest BCUT2D eigenvalue weighted by atomic mass is 35.5. The van der Waals surface area contributed by atoms with E-state index in [0.29, 0.717) is 41.5 Å². The molecule has 9 heteroatoms. The minimum absolute atomic E-state index is 0.0738. The molecule has 6 rings (SSSR count). The maximum absolute atomic E-state index is 13.5. The molecule has 0 radical (unpaired) electrons. The van der Waals surface area contributed by atoms with Crippen LogP contribution < -0.4 is 10.2 Å². The summed E-state index contributed by atoms with van der Waals surface area (Å²) in [6.07, 6.45) is 7.89. The molecule has 1 spiro atoms. The number of fused-ring (bicyclic) bond motifs is 4. The van der Waals surface area contributed by atoms with E-state index in [9.17, 15) is 4.79 Å². The Labute approximate surface area is 243 Å². The zero-order valence-corrected chi connectivity index (χ0v) is 23.7. The molecule has 1 N–H and O–H groups in total. The molecule has 1 fully saturated rings. The predicted octanol–water partition coefficient (Wildman–Crippen LogP) is 6.85. The van der Waals surface area contributed by atoms with Crippen molar-refractivity contribution in [2.45, 2.75) is 38.0 Å². The SMILES string of the molecule is O=C(NCc1ccnc(Cl)c1)N1CC2(CCN(C/C=C/c3ccc(Cl)c(Cl)c3)CC2)c2c1ccc1c2COC1. The Bertz CT molecular complexity index is 1440. The van der Waals surface area contributed by atoms with E-state index in [1.165, 1.54) is 16.7 Å². The van der Waals surface area contributed by atoms with Crippen LogP contribution in [0.3, 0.4) is 0 Å². The number of likely N-dealkylation sites (tertiary alicyclic amines) is 1. The summed E-state index contributed by atoms with van der Waals surface area (Å²) in [7, 11) is 0. The topological polar surface area (TPSA) is 57.7 Å². The maximum atomic E-state index is 13.5. The number of nitrogens with one attached hydrogen (secondary N) is 1. The third kappa shape index (κ3) is 5.41. The first kappa shape index (κ1) is 26.6. The zero-order chi connectivity index (χ0) is 27.0. The van der Waals surface area contributed by atoms with Crippen molar-refractivity contribution >= 4 is 52.6 Å². The molecule has 3 aliphatic rings. The molecule has 0 atom stereocenters. The molecular formula is C30H29Cl3N4O2. The number of aromatic nitrogens is 1. The van der Waals surface area contributed by atoms with Gasteiger partial charge in [-0.05, 0) is 84.1 Å². The van der Waals surface area contributed by atoms with E-state index < -0.39 is 0 Å². The summed E-state index contributed by atoms with van der Waals surface area (Å²) in [5.74, 6) is 0. The van der Waals surface area contributed by atoms with Gasteiger partial charge in [-0.15, -0.1) is 0 Å². The molecule has 1 saturated heterocycles. The fourth-order valence-electron chi connectivity index (χ4n) is 6.06. The summed E-state index contributed by atoms with van der Waals surface area (Å²) in [6, 6.07) is 13.4. The van der Waals surface area contributed by atoms with E-state index >= 15 is 0 Å². The Hall–Kier alpha value is -2.61. The van der Waals surface area contributed by atoms with Gasteiger partial charge in [0.15, 0.2) is 0 Å². The summed E-state index contributed by atoms with van der Waals surface area (Å²) in [5.41, 5.74) is 6.72. The lowest BCUT2D eigenvalue weighted by Crippen LogP contribution is -2.47. The predicted molar refractivity (Wildman–Crippen MR) is 157 cm³/mol. The molecule has 202 valence electrons. The van der Waals surface area contributed by atoms with Crippen LogP contribution in [0.15, 0.2) is 54.7 Å². The highest BCUT2D eigenvalue weighted by Crippen LogP contribution is 2.50. The van der Waals surface area contributed by atoms with Crippen LogP contribution >= 0.6 is 34.8 Å². The molecule has 2 amide bonds. The molecule has 6 nitrogen and oxygen atoms in total. The second kappa shape index (κ2) is 11.1. The lowest BCUT2D eigenvalue weighted by molar-refractivity contribution is 0.132. The summed E-state index contributed by atoms with van der Waals surface area (Å²) in [4.78, 5) is 21.9. The number of amides is 2. The van der Waals surface area contributed by atoms with Gasteiger partial charge in [-0.1, -0.05) is 59.1 Å². The summed E-state index contributed by atoms with van der Waals surface area (Å²) >= 11 is 18.2. The van der Waals surface area contributed by atoms with Crippen molar-refractivity contribution in [3.05, 3.63) is 97.8 Å². The average molecular weight is 584 g/mol. The number of piperidine rings is 1. The van der Waals surface area contributed by atoms with E-state index in [2.05, 4.69) is 39.5 Å². The van der Waals surface area contributed by atoms with E-state index in [4.69, 9.17) is 39.5 Å². The molecule has 0 saturated carbocycles. The molecule has 39 heavy (non-hydrogen) atoms. The molecule has 1 aromatic heterocycles. The number of ether oxygens (including phenoxy) is 1. The van der Waals surface area contributed by atoms with Gasteiger partial charge in [0.25, 0.3) is 0 Å². The van der Waals surface area contributed by atoms with Gasteiger partial charge in [0.1, 0.15) is 5.15 Å². The van der Waals surface area contributed by atoms with Crippen molar-refractivity contribution < 1.29 is 9.53 Å². The lowest BCUT2D eigenvalue weighted by Gasteiger charge is -2.40. The number of hydrogen-bond donors (Lipinski definition) is 1. The first-order chi connectivity index (χ1) is 18.9. The number of carbonyl (C=O) groups is 1. The fourth-order valence-corrected chi connectivity index (χ4v) is 6.56. The van der Waals surface area contributed by atoms with Crippen LogP contribution in [-0.4, -0.2) is 42.1 Å². The van der Waals surface area contributed by atoms with Crippen molar-refractivity contribution in [1.29, 1.82) is 0 Å². The Balaban J connectivity index is 1.17. The minimum atomic E-state index is -0.0908. The monoisotopic (exact) mass is 582 g/mol. The molecule has 3 aromatic rings. The summed E-state index contributed by atoms with van der Waals surface area (Å²) < 4.78 is 5.84. The number of carbonyl (C=O) groups excluding carboxylic acids is 1.